The molecule has 0 fully saturated rings. The van der Waals surface area contributed by atoms with Crippen molar-refractivity contribution in [2.24, 2.45) is 7.05 Å². The third kappa shape index (κ3) is 2.38. The molecule has 1 aromatic carbocycles. The summed E-state index contributed by atoms with van der Waals surface area (Å²) in [4.78, 5) is 24.3. The number of rotatable bonds is 3. The summed E-state index contributed by atoms with van der Waals surface area (Å²) in [5.41, 5.74) is 3.54. The Bertz CT molecular complexity index is 1160. The van der Waals surface area contributed by atoms with Crippen LogP contribution in [0.25, 0.3) is 33.5 Å². The summed E-state index contributed by atoms with van der Waals surface area (Å²) < 4.78 is 12.0. The van der Waals surface area contributed by atoms with Gasteiger partial charge in [0.25, 0.3) is 0 Å². The molecule has 3 aromatic heterocycles. The van der Waals surface area contributed by atoms with Gasteiger partial charge in [0.05, 0.1) is 31.0 Å². The molecular weight excluding hydrogens is 334 g/mol. The average molecular weight is 351 g/mol. The van der Waals surface area contributed by atoms with Gasteiger partial charge in [-0.05, 0) is 25.1 Å². The van der Waals surface area contributed by atoms with Crippen molar-refractivity contribution in [1.29, 1.82) is 0 Å². The molecule has 0 aliphatic rings. The van der Waals surface area contributed by atoms with Gasteiger partial charge in [-0.25, -0.2) is 14.8 Å². The molecule has 0 aliphatic heterocycles. The van der Waals surface area contributed by atoms with E-state index in [0.717, 1.165) is 27.7 Å². The molecule has 26 heavy (non-hydrogen) atoms. The standard InChI is InChI=1S/C18H17N5O3/c1-9-5-13(23(2)22-9)17-19-8-12-11-6-10(18(24)26-4)7-14(25-3)15(11)20-16(12)21-17/h5-8H,1-4H3,(H,19,20,21). The average Bonchev–Trinajstić information content (AvgIpc) is 3.18. The number of carbonyl (C=O) groups is 1. The first-order valence-electron chi connectivity index (χ1n) is 7.97. The molecule has 3 heterocycles. The monoisotopic (exact) mass is 351 g/mol. The van der Waals surface area contributed by atoms with Gasteiger partial charge in [0.1, 0.15) is 17.1 Å². The lowest BCUT2D eigenvalue weighted by Gasteiger charge is -2.05. The molecule has 4 rings (SSSR count). The first-order valence-corrected chi connectivity index (χ1v) is 7.97. The van der Waals surface area contributed by atoms with Gasteiger partial charge >= 0.3 is 5.97 Å². The van der Waals surface area contributed by atoms with Gasteiger partial charge in [-0.15, -0.1) is 0 Å². The Labute approximate surface area is 148 Å². The van der Waals surface area contributed by atoms with E-state index in [0.29, 0.717) is 22.8 Å². The smallest absolute Gasteiger partial charge is 0.338 e. The highest BCUT2D eigenvalue weighted by atomic mass is 16.5. The SMILES string of the molecule is COC(=O)c1cc(OC)c2[nH]c3nc(-c4cc(C)nn4C)ncc3c2c1. The highest BCUT2D eigenvalue weighted by Crippen LogP contribution is 2.33. The third-order valence-corrected chi connectivity index (χ3v) is 4.30. The Morgan fingerprint density at radius 2 is 2.00 bits per heavy atom. The highest BCUT2D eigenvalue weighted by molar-refractivity contribution is 6.10. The van der Waals surface area contributed by atoms with Crippen LogP contribution in [-0.4, -0.2) is 44.9 Å². The van der Waals surface area contributed by atoms with Crippen molar-refractivity contribution in [3.05, 3.63) is 35.7 Å². The number of ether oxygens (including phenoxy) is 2. The zero-order chi connectivity index (χ0) is 18.4. The number of aromatic amines is 1. The Kier molecular flexibility index (Phi) is 3.61. The van der Waals surface area contributed by atoms with E-state index in [2.05, 4.69) is 20.1 Å². The van der Waals surface area contributed by atoms with Crippen LogP contribution in [0.1, 0.15) is 16.1 Å². The van der Waals surface area contributed by atoms with Crippen LogP contribution in [0.15, 0.2) is 24.4 Å². The number of esters is 1. The van der Waals surface area contributed by atoms with Crippen molar-refractivity contribution in [1.82, 2.24) is 24.7 Å². The zero-order valence-corrected chi connectivity index (χ0v) is 14.8. The maximum Gasteiger partial charge on any atom is 0.338 e. The maximum absolute atomic E-state index is 11.9. The minimum atomic E-state index is -0.428. The molecule has 0 atom stereocenters. The zero-order valence-electron chi connectivity index (χ0n) is 14.8. The summed E-state index contributed by atoms with van der Waals surface area (Å²) in [5, 5.41) is 5.93. The first kappa shape index (κ1) is 16.1. The van der Waals surface area contributed by atoms with Crippen LogP contribution in [0.3, 0.4) is 0 Å². The van der Waals surface area contributed by atoms with Crippen LogP contribution in [0.2, 0.25) is 0 Å². The van der Waals surface area contributed by atoms with Crippen molar-refractivity contribution in [3.8, 4) is 17.3 Å². The molecule has 8 heteroatoms. The van der Waals surface area contributed by atoms with Crippen LogP contribution in [-0.2, 0) is 11.8 Å². The molecule has 0 bridgehead atoms. The molecule has 0 saturated heterocycles. The number of nitrogens with zero attached hydrogens (tertiary/aromatic N) is 4. The van der Waals surface area contributed by atoms with E-state index in [9.17, 15) is 4.79 Å². The van der Waals surface area contributed by atoms with Crippen molar-refractivity contribution in [3.63, 3.8) is 0 Å². The molecule has 4 aromatic rings. The molecule has 132 valence electrons. The molecule has 1 N–H and O–H groups in total. The summed E-state index contributed by atoms with van der Waals surface area (Å²) >= 11 is 0. The van der Waals surface area contributed by atoms with Gasteiger partial charge < -0.3 is 14.5 Å². The second-order valence-corrected chi connectivity index (χ2v) is 5.97. The molecule has 0 aliphatic carbocycles. The first-order chi connectivity index (χ1) is 12.5. The third-order valence-electron chi connectivity index (χ3n) is 4.30. The molecule has 0 amide bonds. The Morgan fingerprint density at radius 3 is 2.65 bits per heavy atom. The quantitative estimate of drug-likeness (QED) is 0.570. The molecule has 8 nitrogen and oxygen atoms in total. The fraction of sp³-hybridized carbons (Fsp3) is 0.222. The number of aromatic nitrogens is 5. The summed E-state index contributed by atoms with van der Waals surface area (Å²) in [7, 11) is 4.75. The van der Waals surface area contributed by atoms with Gasteiger partial charge in [0.15, 0.2) is 5.82 Å². The van der Waals surface area contributed by atoms with Crippen LogP contribution in [0.5, 0.6) is 5.75 Å². The van der Waals surface area contributed by atoms with E-state index >= 15 is 0 Å². The van der Waals surface area contributed by atoms with Gasteiger partial charge in [-0.2, -0.15) is 5.10 Å². The lowest BCUT2D eigenvalue weighted by Crippen LogP contribution is -2.01. The predicted octanol–water partition coefficient (Wildman–Crippen LogP) is 2.62. The van der Waals surface area contributed by atoms with Gasteiger partial charge in [-0.1, -0.05) is 0 Å². The number of methoxy groups -OCH3 is 2. The summed E-state index contributed by atoms with van der Waals surface area (Å²) in [6, 6.07) is 5.32. The fourth-order valence-electron chi connectivity index (χ4n) is 3.09. The number of hydrogen-bond donors (Lipinski definition) is 1. The Hall–Kier alpha value is -3.42. The largest absolute Gasteiger partial charge is 0.495 e. The minimum Gasteiger partial charge on any atom is -0.495 e. The fourth-order valence-corrected chi connectivity index (χ4v) is 3.09. The summed E-state index contributed by atoms with van der Waals surface area (Å²) in [6.07, 6.45) is 1.74. The number of carbonyl (C=O) groups excluding carboxylic acids is 1. The molecule has 0 radical (unpaired) electrons. The molecular formula is C18H17N5O3. The van der Waals surface area contributed by atoms with E-state index in [4.69, 9.17) is 9.47 Å². The van der Waals surface area contributed by atoms with Crippen LogP contribution in [0, 0.1) is 6.92 Å². The molecule has 0 saturated carbocycles. The van der Waals surface area contributed by atoms with Crippen molar-refractivity contribution in [2.45, 2.75) is 6.92 Å². The van der Waals surface area contributed by atoms with E-state index in [-0.39, 0.29) is 0 Å². The molecule has 0 unspecified atom stereocenters. The second kappa shape index (κ2) is 5.83. The Balaban J connectivity index is 1.96. The highest BCUT2D eigenvalue weighted by Gasteiger charge is 2.17. The number of benzene rings is 1. The Morgan fingerprint density at radius 1 is 1.19 bits per heavy atom. The number of nitrogens with one attached hydrogen (secondary N) is 1. The van der Waals surface area contributed by atoms with Crippen molar-refractivity contribution >= 4 is 27.9 Å². The van der Waals surface area contributed by atoms with E-state index in [1.165, 1.54) is 7.11 Å². The maximum atomic E-state index is 11.9. The summed E-state index contributed by atoms with van der Waals surface area (Å²) in [5.74, 6) is 0.681. The van der Waals surface area contributed by atoms with Gasteiger partial charge in [-0.3, -0.25) is 4.68 Å². The van der Waals surface area contributed by atoms with Crippen molar-refractivity contribution < 1.29 is 14.3 Å². The van der Waals surface area contributed by atoms with Crippen molar-refractivity contribution in [2.75, 3.05) is 14.2 Å². The van der Waals surface area contributed by atoms with E-state index in [1.54, 1.807) is 30.1 Å². The summed E-state index contributed by atoms with van der Waals surface area (Å²) in [6.45, 7) is 1.92. The lowest BCUT2D eigenvalue weighted by atomic mass is 10.1. The topological polar surface area (TPSA) is 94.9 Å². The van der Waals surface area contributed by atoms with E-state index < -0.39 is 5.97 Å². The van der Waals surface area contributed by atoms with Crippen LogP contribution in [0.4, 0.5) is 0 Å². The number of hydrogen-bond acceptors (Lipinski definition) is 6. The normalized spacial score (nSPS) is 11.2. The number of fused-ring (bicyclic) bond motifs is 3. The second-order valence-electron chi connectivity index (χ2n) is 5.97. The number of aryl methyl sites for hydroxylation is 2. The van der Waals surface area contributed by atoms with Gasteiger partial charge in [0, 0.05) is 24.0 Å². The number of H-pyrrole nitrogens is 1. The minimum absolute atomic E-state index is 0.407. The molecule has 0 spiro atoms. The van der Waals surface area contributed by atoms with E-state index in [1.807, 2.05) is 20.0 Å². The van der Waals surface area contributed by atoms with Crippen LogP contribution >= 0.6 is 0 Å². The predicted molar refractivity (Wildman–Crippen MR) is 96.2 cm³/mol. The van der Waals surface area contributed by atoms with Gasteiger partial charge in [0.2, 0.25) is 0 Å². The lowest BCUT2D eigenvalue weighted by molar-refractivity contribution is 0.0600. The van der Waals surface area contributed by atoms with Crippen LogP contribution < -0.4 is 4.74 Å².